The average Bonchev–Trinajstić information content (AvgIpc) is 2.55. The number of aryl methyl sites for hydroxylation is 3. The van der Waals surface area contributed by atoms with E-state index in [-0.39, 0.29) is 0 Å². The zero-order valence-corrected chi connectivity index (χ0v) is 14.0. The van der Waals surface area contributed by atoms with E-state index in [9.17, 15) is 5.11 Å². The van der Waals surface area contributed by atoms with Gasteiger partial charge in [0.25, 0.3) is 0 Å². The SMILES string of the molecule is CCc1nc2ccc(Oc3ccc(C)cc3)c(C)c2c(O)c1C. The van der Waals surface area contributed by atoms with Crippen molar-refractivity contribution in [2.75, 3.05) is 0 Å². The summed E-state index contributed by atoms with van der Waals surface area (Å²) in [4.78, 5) is 4.66. The van der Waals surface area contributed by atoms with Crippen LogP contribution in [-0.2, 0) is 6.42 Å². The number of pyridine rings is 1. The van der Waals surface area contributed by atoms with Crippen molar-refractivity contribution in [3.8, 4) is 17.2 Å². The molecule has 1 N–H and O–H groups in total. The van der Waals surface area contributed by atoms with Crippen molar-refractivity contribution in [3.63, 3.8) is 0 Å². The van der Waals surface area contributed by atoms with Crippen molar-refractivity contribution in [2.24, 2.45) is 0 Å². The maximum Gasteiger partial charge on any atom is 0.131 e. The van der Waals surface area contributed by atoms with Gasteiger partial charge >= 0.3 is 0 Å². The van der Waals surface area contributed by atoms with Crippen molar-refractivity contribution >= 4 is 10.9 Å². The predicted octanol–water partition coefficient (Wildman–Crippen LogP) is 5.22. The van der Waals surface area contributed by atoms with Crippen molar-refractivity contribution in [2.45, 2.75) is 34.1 Å². The second-order valence-electron chi connectivity index (χ2n) is 5.88. The molecule has 0 bridgehead atoms. The summed E-state index contributed by atoms with van der Waals surface area (Å²) in [5.74, 6) is 1.83. The fourth-order valence-corrected chi connectivity index (χ4v) is 2.81. The maximum atomic E-state index is 10.6. The van der Waals surface area contributed by atoms with Crippen LogP contribution in [0.25, 0.3) is 10.9 Å². The van der Waals surface area contributed by atoms with Crippen LogP contribution in [0, 0.1) is 20.8 Å². The lowest BCUT2D eigenvalue weighted by Gasteiger charge is -2.14. The van der Waals surface area contributed by atoms with E-state index in [4.69, 9.17) is 4.74 Å². The molecular formula is C20H21NO2. The number of benzene rings is 2. The molecule has 1 heterocycles. The van der Waals surface area contributed by atoms with Gasteiger partial charge in [-0.3, -0.25) is 4.98 Å². The van der Waals surface area contributed by atoms with Gasteiger partial charge in [-0.25, -0.2) is 0 Å². The molecule has 2 aromatic carbocycles. The number of aromatic hydroxyl groups is 1. The quantitative estimate of drug-likeness (QED) is 0.721. The van der Waals surface area contributed by atoms with E-state index < -0.39 is 0 Å². The van der Waals surface area contributed by atoms with Crippen LogP contribution in [0.15, 0.2) is 36.4 Å². The van der Waals surface area contributed by atoms with Crippen molar-refractivity contribution in [1.82, 2.24) is 4.98 Å². The molecule has 3 heteroatoms. The third-order valence-corrected chi connectivity index (χ3v) is 4.26. The molecule has 0 unspecified atom stereocenters. The van der Waals surface area contributed by atoms with Crippen LogP contribution in [0.5, 0.6) is 17.2 Å². The minimum Gasteiger partial charge on any atom is -0.507 e. The smallest absolute Gasteiger partial charge is 0.131 e. The Balaban J connectivity index is 2.11. The molecule has 0 radical (unpaired) electrons. The summed E-state index contributed by atoms with van der Waals surface area (Å²) >= 11 is 0. The highest BCUT2D eigenvalue weighted by atomic mass is 16.5. The number of ether oxygens (including phenoxy) is 1. The zero-order valence-electron chi connectivity index (χ0n) is 14.0. The highest BCUT2D eigenvalue weighted by molar-refractivity contribution is 5.91. The number of hydrogen-bond donors (Lipinski definition) is 1. The molecule has 0 aliphatic carbocycles. The molecule has 0 saturated heterocycles. The van der Waals surface area contributed by atoms with Gasteiger partial charge in [0.2, 0.25) is 0 Å². The molecule has 0 aliphatic heterocycles. The largest absolute Gasteiger partial charge is 0.507 e. The van der Waals surface area contributed by atoms with Crippen LogP contribution in [0.1, 0.15) is 29.3 Å². The fraction of sp³-hybridized carbons (Fsp3) is 0.250. The Morgan fingerprint density at radius 1 is 0.957 bits per heavy atom. The van der Waals surface area contributed by atoms with Crippen molar-refractivity contribution < 1.29 is 9.84 Å². The van der Waals surface area contributed by atoms with E-state index >= 15 is 0 Å². The topological polar surface area (TPSA) is 42.4 Å². The van der Waals surface area contributed by atoms with Gasteiger partial charge in [0.05, 0.1) is 5.52 Å². The first kappa shape index (κ1) is 15.3. The zero-order chi connectivity index (χ0) is 16.6. The molecule has 1 aromatic heterocycles. The number of hydrogen-bond acceptors (Lipinski definition) is 3. The van der Waals surface area contributed by atoms with Gasteiger partial charge in [-0.2, -0.15) is 0 Å². The monoisotopic (exact) mass is 307 g/mol. The van der Waals surface area contributed by atoms with Gasteiger partial charge < -0.3 is 9.84 Å². The summed E-state index contributed by atoms with van der Waals surface area (Å²) < 4.78 is 5.98. The first-order valence-electron chi connectivity index (χ1n) is 7.87. The summed E-state index contributed by atoms with van der Waals surface area (Å²) in [5.41, 5.74) is 4.67. The second-order valence-corrected chi connectivity index (χ2v) is 5.88. The Bertz CT molecular complexity index is 867. The first-order chi connectivity index (χ1) is 11.0. The van der Waals surface area contributed by atoms with Crippen molar-refractivity contribution in [1.29, 1.82) is 0 Å². The lowest BCUT2D eigenvalue weighted by molar-refractivity contribution is 0.470. The second kappa shape index (κ2) is 5.92. The van der Waals surface area contributed by atoms with Crippen LogP contribution < -0.4 is 4.74 Å². The fourth-order valence-electron chi connectivity index (χ4n) is 2.81. The Morgan fingerprint density at radius 3 is 2.30 bits per heavy atom. The normalized spacial score (nSPS) is 11.0. The Hall–Kier alpha value is -2.55. The standard InChI is InChI=1S/C20H21NO2/c1-5-16-13(3)20(22)19-14(4)18(11-10-17(19)21-16)23-15-8-6-12(2)7-9-15/h6-11H,5H2,1-4H3,(H,21,22). The molecule has 118 valence electrons. The van der Waals surface area contributed by atoms with Gasteiger partial charge in [-0.05, 0) is 51.5 Å². The van der Waals surface area contributed by atoms with E-state index in [1.54, 1.807) is 0 Å². The van der Waals surface area contributed by atoms with E-state index in [2.05, 4.69) is 4.98 Å². The molecule has 0 fully saturated rings. The van der Waals surface area contributed by atoms with E-state index in [1.165, 1.54) is 5.56 Å². The third kappa shape index (κ3) is 2.74. The van der Waals surface area contributed by atoms with E-state index in [1.807, 2.05) is 64.1 Å². The predicted molar refractivity (Wildman–Crippen MR) is 93.5 cm³/mol. The highest BCUT2D eigenvalue weighted by Gasteiger charge is 2.15. The molecule has 3 rings (SSSR count). The molecule has 23 heavy (non-hydrogen) atoms. The molecule has 0 saturated carbocycles. The van der Waals surface area contributed by atoms with Gasteiger partial charge in [0.15, 0.2) is 0 Å². The number of fused-ring (bicyclic) bond motifs is 1. The molecule has 3 aromatic rings. The molecular weight excluding hydrogens is 286 g/mol. The van der Waals surface area contributed by atoms with Crippen molar-refractivity contribution in [3.05, 3.63) is 58.8 Å². The van der Waals surface area contributed by atoms with Crippen LogP contribution in [-0.4, -0.2) is 10.1 Å². The maximum absolute atomic E-state index is 10.6. The van der Waals surface area contributed by atoms with E-state index in [0.717, 1.165) is 45.6 Å². The summed E-state index contributed by atoms with van der Waals surface area (Å²) in [6, 6.07) is 11.7. The van der Waals surface area contributed by atoms with Crippen LogP contribution in [0.4, 0.5) is 0 Å². The lowest BCUT2D eigenvalue weighted by atomic mass is 10.0. The number of rotatable bonds is 3. The number of nitrogens with zero attached hydrogens (tertiary/aromatic N) is 1. The Labute approximate surface area is 136 Å². The molecule has 0 aliphatic rings. The summed E-state index contributed by atoms with van der Waals surface area (Å²) in [6.07, 6.45) is 0.802. The van der Waals surface area contributed by atoms with Gasteiger partial charge in [0.1, 0.15) is 17.2 Å². The third-order valence-electron chi connectivity index (χ3n) is 4.26. The minimum absolute atomic E-state index is 0.304. The molecule has 0 atom stereocenters. The first-order valence-corrected chi connectivity index (χ1v) is 7.87. The Morgan fingerprint density at radius 2 is 1.65 bits per heavy atom. The average molecular weight is 307 g/mol. The van der Waals surface area contributed by atoms with Crippen LogP contribution in [0.2, 0.25) is 0 Å². The van der Waals surface area contributed by atoms with Gasteiger partial charge in [-0.1, -0.05) is 24.6 Å². The summed E-state index contributed by atoms with van der Waals surface area (Å²) in [6.45, 7) is 7.96. The minimum atomic E-state index is 0.304. The Kier molecular flexibility index (Phi) is 3.95. The number of aromatic nitrogens is 1. The highest BCUT2D eigenvalue weighted by Crippen LogP contribution is 2.37. The molecule has 3 nitrogen and oxygen atoms in total. The van der Waals surface area contributed by atoms with Crippen LogP contribution >= 0.6 is 0 Å². The van der Waals surface area contributed by atoms with Crippen LogP contribution in [0.3, 0.4) is 0 Å². The van der Waals surface area contributed by atoms with Gasteiger partial charge in [0, 0.05) is 22.2 Å². The lowest BCUT2D eigenvalue weighted by Crippen LogP contribution is -1.97. The summed E-state index contributed by atoms with van der Waals surface area (Å²) in [7, 11) is 0. The van der Waals surface area contributed by atoms with E-state index in [0.29, 0.717) is 5.75 Å². The molecule has 0 amide bonds. The molecule has 0 spiro atoms. The summed E-state index contributed by atoms with van der Waals surface area (Å²) in [5, 5.41) is 11.4. The van der Waals surface area contributed by atoms with Gasteiger partial charge in [-0.15, -0.1) is 0 Å².